The minimum Gasteiger partial charge on any atom is -0.369 e. The van der Waals surface area contributed by atoms with Gasteiger partial charge in [0.2, 0.25) is 5.95 Å². The van der Waals surface area contributed by atoms with Crippen molar-refractivity contribution in [3.8, 4) is 0 Å². The lowest BCUT2D eigenvalue weighted by molar-refractivity contribution is 0.341. The summed E-state index contributed by atoms with van der Waals surface area (Å²) in [7, 11) is 2.01. The molecule has 2 aromatic heterocycles. The summed E-state index contributed by atoms with van der Waals surface area (Å²) in [4.78, 5) is 4.65. The van der Waals surface area contributed by atoms with Crippen molar-refractivity contribution in [1.29, 1.82) is 0 Å². The molecule has 0 aliphatic heterocycles. The third kappa shape index (κ3) is 2.43. The molecule has 2 atom stereocenters. The summed E-state index contributed by atoms with van der Waals surface area (Å²) in [5, 5.41) is 4.66. The molecule has 0 saturated heterocycles. The zero-order valence-corrected chi connectivity index (χ0v) is 13.5. The zero-order chi connectivity index (χ0) is 15.0. The number of nitrogens with zero attached hydrogens (tertiary/aromatic N) is 4. The maximum absolute atomic E-state index is 6.29. The molecule has 0 aromatic carbocycles. The lowest BCUT2D eigenvalue weighted by Gasteiger charge is -2.24. The molecule has 0 spiro atoms. The van der Waals surface area contributed by atoms with Crippen LogP contribution in [0, 0.1) is 5.92 Å². The molecule has 3 rings (SSSR count). The van der Waals surface area contributed by atoms with Crippen LogP contribution in [0.3, 0.4) is 0 Å². The molecule has 0 amide bonds. The van der Waals surface area contributed by atoms with Crippen molar-refractivity contribution in [2.45, 2.75) is 64.8 Å². The molecule has 2 N–H and O–H groups in total. The van der Waals surface area contributed by atoms with Crippen LogP contribution in [0.2, 0.25) is 0 Å². The van der Waals surface area contributed by atoms with E-state index in [4.69, 9.17) is 5.73 Å². The van der Waals surface area contributed by atoms with Gasteiger partial charge in [-0.05, 0) is 25.2 Å². The largest absolute Gasteiger partial charge is 0.369 e. The van der Waals surface area contributed by atoms with E-state index in [1.54, 1.807) is 0 Å². The molecule has 0 bridgehead atoms. The molecule has 1 fully saturated rings. The summed E-state index contributed by atoms with van der Waals surface area (Å²) >= 11 is 0. The first-order chi connectivity index (χ1) is 10.1. The quantitative estimate of drug-likeness (QED) is 0.880. The second-order valence-corrected chi connectivity index (χ2v) is 6.52. The Morgan fingerprint density at radius 1 is 1.24 bits per heavy atom. The smallest absolute Gasteiger partial charge is 0.202 e. The van der Waals surface area contributed by atoms with E-state index in [9.17, 15) is 0 Å². The van der Waals surface area contributed by atoms with Crippen molar-refractivity contribution in [3.05, 3.63) is 5.69 Å². The van der Waals surface area contributed by atoms with Gasteiger partial charge in [-0.25, -0.2) is 4.98 Å². The molecule has 21 heavy (non-hydrogen) atoms. The van der Waals surface area contributed by atoms with Crippen LogP contribution < -0.4 is 5.73 Å². The molecule has 2 unspecified atom stereocenters. The van der Waals surface area contributed by atoms with Crippen LogP contribution in [0.5, 0.6) is 0 Å². The van der Waals surface area contributed by atoms with Crippen molar-refractivity contribution in [2.75, 3.05) is 5.73 Å². The molecule has 1 aliphatic carbocycles. The van der Waals surface area contributed by atoms with E-state index < -0.39 is 0 Å². The Hall–Kier alpha value is -1.52. The van der Waals surface area contributed by atoms with Gasteiger partial charge in [-0.15, -0.1) is 0 Å². The van der Waals surface area contributed by atoms with E-state index in [1.807, 2.05) is 11.7 Å². The summed E-state index contributed by atoms with van der Waals surface area (Å²) in [5.74, 6) is 1.31. The first-order valence-corrected chi connectivity index (χ1v) is 8.32. The lowest BCUT2D eigenvalue weighted by Crippen LogP contribution is -2.19. The minimum absolute atomic E-state index is 0.461. The third-order valence-electron chi connectivity index (χ3n) is 4.90. The fourth-order valence-corrected chi connectivity index (χ4v) is 3.81. The average molecular weight is 289 g/mol. The SMILES string of the molecule is CCCc1nn(C)c2c1nc(N)n2C1CCCCCC1C. The van der Waals surface area contributed by atoms with Crippen LogP contribution >= 0.6 is 0 Å². The number of nitrogens with two attached hydrogens (primary N) is 1. The molecular formula is C16H27N5. The molecule has 5 heteroatoms. The second-order valence-electron chi connectivity index (χ2n) is 6.52. The summed E-state index contributed by atoms with van der Waals surface area (Å²) in [6, 6.07) is 0.461. The molecule has 2 heterocycles. The highest BCUT2D eigenvalue weighted by atomic mass is 15.4. The highest BCUT2D eigenvalue weighted by Crippen LogP contribution is 2.36. The monoisotopic (exact) mass is 289 g/mol. The van der Waals surface area contributed by atoms with Crippen LogP contribution in [0.1, 0.15) is 64.1 Å². The number of anilines is 1. The van der Waals surface area contributed by atoms with Crippen molar-refractivity contribution < 1.29 is 0 Å². The van der Waals surface area contributed by atoms with E-state index in [1.165, 1.54) is 32.1 Å². The number of hydrogen-bond donors (Lipinski definition) is 1. The maximum Gasteiger partial charge on any atom is 0.202 e. The minimum atomic E-state index is 0.461. The number of aryl methyl sites for hydroxylation is 2. The maximum atomic E-state index is 6.29. The van der Waals surface area contributed by atoms with E-state index in [0.29, 0.717) is 17.9 Å². The Bertz CT molecular complexity index is 624. The molecule has 1 aliphatic rings. The van der Waals surface area contributed by atoms with Crippen molar-refractivity contribution in [3.63, 3.8) is 0 Å². The van der Waals surface area contributed by atoms with Gasteiger partial charge in [-0.1, -0.05) is 39.5 Å². The van der Waals surface area contributed by atoms with Gasteiger partial charge in [-0.2, -0.15) is 5.10 Å². The Balaban J connectivity index is 2.11. The normalized spacial score (nSPS) is 23.6. The topological polar surface area (TPSA) is 61.7 Å². The van der Waals surface area contributed by atoms with Crippen LogP contribution in [0.15, 0.2) is 0 Å². The molecule has 5 nitrogen and oxygen atoms in total. The van der Waals surface area contributed by atoms with Gasteiger partial charge in [0.15, 0.2) is 5.65 Å². The van der Waals surface area contributed by atoms with Gasteiger partial charge in [0, 0.05) is 13.1 Å². The second kappa shape index (κ2) is 5.70. The van der Waals surface area contributed by atoms with Gasteiger partial charge in [0.05, 0.1) is 5.69 Å². The van der Waals surface area contributed by atoms with Crippen LogP contribution in [-0.4, -0.2) is 19.3 Å². The van der Waals surface area contributed by atoms with Crippen LogP contribution in [0.4, 0.5) is 5.95 Å². The highest BCUT2D eigenvalue weighted by molar-refractivity contribution is 5.78. The van der Waals surface area contributed by atoms with E-state index in [0.717, 1.165) is 29.7 Å². The van der Waals surface area contributed by atoms with E-state index >= 15 is 0 Å². The average Bonchev–Trinajstić information content (AvgIpc) is 2.83. The predicted octanol–water partition coefficient (Wildman–Crippen LogP) is 3.45. The number of fused-ring (bicyclic) bond motifs is 1. The van der Waals surface area contributed by atoms with E-state index in [-0.39, 0.29) is 0 Å². The number of hydrogen-bond acceptors (Lipinski definition) is 3. The Morgan fingerprint density at radius 3 is 2.76 bits per heavy atom. The van der Waals surface area contributed by atoms with Crippen molar-refractivity contribution in [2.24, 2.45) is 13.0 Å². The molecule has 116 valence electrons. The third-order valence-corrected chi connectivity index (χ3v) is 4.90. The predicted molar refractivity (Wildman–Crippen MR) is 86.2 cm³/mol. The summed E-state index contributed by atoms with van der Waals surface area (Å²) < 4.78 is 4.23. The van der Waals surface area contributed by atoms with Gasteiger partial charge in [0.1, 0.15) is 5.52 Å². The molecule has 1 saturated carbocycles. The number of rotatable bonds is 3. The zero-order valence-electron chi connectivity index (χ0n) is 13.5. The van der Waals surface area contributed by atoms with Crippen LogP contribution in [0.25, 0.3) is 11.2 Å². The van der Waals surface area contributed by atoms with Crippen LogP contribution in [-0.2, 0) is 13.5 Å². The van der Waals surface area contributed by atoms with Crippen molar-refractivity contribution >= 4 is 17.1 Å². The number of aromatic nitrogens is 4. The summed E-state index contributed by atoms with van der Waals surface area (Å²) in [6.07, 6.45) is 8.49. The first kappa shape index (κ1) is 14.4. The fraction of sp³-hybridized carbons (Fsp3) is 0.750. The molecule has 0 radical (unpaired) electrons. The number of nitrogen functional groups attached to an aromatic ring is 1. The van der Waals surface area contributed by atoms with Gasteiger partial charge in [-0.3, -0.25) is 9.25 Å². The van der Waals surface area contributed by atoms with E-state index in [2.05, 4.69) is 28.5 Å². The highest BCUT2D eigenvalue weighted by Gasteiger charge is 2.27. The molecular weight excluding hydrogens is 262 g/mol. The van der Waals surface area contributed by atoms with Gasteiger partial charge in [0.25, 0.3) is 0 Å². The van der Waals surface area contributed by atoms with Crippen molar-refractivity contribution in [1.82, 2.24) is 19.3 Å². The Kier molecular flexibility index (Phi) is 3.91. The number of imidazole rings is 1. The first-order valence-electron chi connectivity index (χ1n) is 8.32. The van der Waals surface area contributed by atoms with Gasteiger partial charge < -0.3 is 5.73 Å². The summed E-state index contributed by atoms with van der Waals surface area (Å²) in [5.41, 5.74) is 9.49. The Labute approximate surface area is 126 Å². The Morgan fingerprint density at radius 2 is 2.00 bits per heavy atom. The summed E-state index contributed by atoms with van der Waals surface area (Å²) in [6.45, 7) is 4.53. The van der Waals surface area contributed by atoms with Gasteiger partial charge >= 0.3 is 0 Å². The standard InChI is InChI=1S/C16H27N5/c1-4-8-12-14-15(20(3)19-12)21(16(17)18-14)13-10-7-5-6-9-11(13)2/h11,13H,4-10H2,1-3H3,(H2,17,18). The fourth-order valence-electron chi connectivity index (χ4n) is 3.81. The lowest BCUT2D eigenvalue weighted by atomic mass is 9.97. The molecule has 2 aromatic rings.